The van der Waals surface area contributed by atoms with Gasteiger partial charge in [-0.05, 0) is 46.8 Å². The molecule has 1 N–H and O–H groups in total. The first-order valence-electron chi connectivity index (χ1n) is 8.63. The number of benzene rings is 2. The number of carbonyl (C=O) groups is 3. The fourth-order valence-corrected chi connectivity index (χ4v) is 3.15. The molecule has 9 nitrogen and oxygen atoms in total. The number of thioether (sulfide) groups is 1. The van der Waals surface area contributed by atoms with Crippen LogP contribution < -0.4 is 5.32 Å². The molecule has 0 spiro atoms. The lowest BCUT2D eigenvalue weighted by atomic mass is 10.2. The van der Waals surface area contributed by atoms with Gasteiger partial charge in [0.2, 0.25) is 5.91 Å². The van der Waals surface area contributed by atoms with Crippen LogP contribution in [0.25, 0.3) is 5.69 Å². The highest BCUT2D eigenvalue weighted by atomic mass is 32.2. The first-order chi connectivity index (χ1) is 14.1. The Bertz CT molecular complexity index is 962. The summed E-state index contributed by atoms with van der Waals surface area (Å²) in [5.74, 6) is -1.22. The molecule has 29 heavy (non-hydrogen) atoms. The normalized spacial score (nSPS) is 10.3. The summed E-state index contributed by atoms with van der Waals surface area (Å²) in [6, 6.07) is 16.0. The number of hydrogen-bond donors (Lipinski definition) is 1. The number of rotatable bonds is 8. The number of ether oxygens (including phenoxy) is 1. The molecular formula is C19H17N5O4S. The molecule has 0 aliphatic heterocycles. The van der Waals surface area contributed by atoms with Gasteiger partial charge in [0.1, 0.15) is 6.33 Å². The molecule has 3 aromatic rings. The number of hydrogen-bond acceptors (Lipinski definition) is 8. The van der Waals surface area contributed by atoms with Crippen LogP contribution in [0, 0.1) is 0 Å². The molecule has 1 heterocycles. The Labute approximate surface area is 170 Å². The van der Waals surface area contributed by atoms with Crippen molar-refractivity contribution in [2.24, 2.45) is 0 Å². The molecular weight excluding hydrogens is 394 g/mol. The summed E-state index contributed by atoms with van der Waals surface area (Å²) in [6.07, 6.45) is 1.60. The molecule has 0 aliphatic carbocycles. The Hall–Kier alpha value is -3.53. The van der Waals surface area contributed by atoms with Crippen molar-refractivity contribution >= 4 is 29.5 Å². The van der Waals surface area contributed by atoms with Gasteiger partial charge >= 0.3 is 5.97 Å². The minimum absolute atomic E-state index is 0.178. The number of amides is 2. The highest BCUT2D eigenvalue weighted by Gasteiger charge is 2.13. The van der Waals surface area contributed by atoms with Crippen molar-refractivity contribution in [1.82, 2.24) is 25.5 Å². The van der Waals surface area contributed by atoms with Crippen LogP contribution in [0.3, 0.4) is 0 Å². The van der Waals surface area contributed by atoms with E-state index in [0.717, 1.165) is 4.90 Å². The van der Waals surface area contributed by atoms with Crippen molar-refractivity contribution in [2.75, 3.05) is 12.4 Å². The van der Waals surface area contributed by atoms with Gasteiger partial charge in [0.15, 0.2) is 6.61 Å². The molecule has 0 saturated heterocycles. The maximum atomic E-state index is 12.0. The topological polar surface area (TPSA) is 116 Å². The summed E-state index contributed by atoms with van der Waals surface area (Å²) in [5, 5.41) is 13.0. The highest BCUT2D eigenvalue weighted by Crippen LogP contribution is 2.17. The molecule has 2 aromatic carbocycles. The molecule has 10 heteroatoms. The maximum Gasteiger partial charge on any atom is 0.338 e. The van der Waals surface area contributed by atoms with E-state index in [1.54, 1.807) is 12.1 Å². The summed E-state index contributed by atoms with van der Waals surface area (Å²) in [6.45, 7) is -0.537. The first-order valence-corrected chi connectivity index (χ1v) is 9.61. The molecule has 0 bridgehead atoms. The van der Waals surface area contributed by atoms with Crippen LogP contribution in [-0.2, 0) is 14.3 Å². The van der Waals surface area contributed by atoms with Crippen LogP contribution in [0.15, 0.2) is 65.8 Å². The molecule has 0 atom stereocenters. The van der Waals surface area contributed by atoms with Gasteiger partial charge in [-0.2, -0.15) is 0 Å². The molecule has 0 radical (unpaired) electrons. The zero-order valence-corrected chi connectivity index (χ0v) is 16.0. The fourth-order valence-electron chi connectivity index (χ4n) is 2.28. The van der Waals surface area contributed by atoms with E-state index in [0.29, 0.717) is 11.4 Å². The van der Waals surface area contributed by atoms with E-state index in [4.69, 9.17) is 4.74 Å². The van der Waals surface area contributed by atoms with Crippen LogP contribution in [0.5, 0.6) is 0 Å². The number of aromatic nitrogens is 4. The van der Waals surface area contributed by atoms with Gasteiger partial charge in [-0.25, -0.2) is 9.48 Å². The van der Waals surface area contributed by atoms with Gasteiger partial charge in [0.25, 0.3) is 5.91 Å². The van der Waals surface area contributed by atoms with Gasteiger partial charge in [-0.15, -0.1) is 16.9 Å². The molecule has 0 aliphatic rings. The standard InChI is InChI=1S/C19H17N5O4S/c25-17(10-11-29-16-4-2-1-3-5-16)21-18(26)12-28-19(27)14-6-8-15(9-7-14)24-13-20-22-23-24/h1-9,13H,10-12H2,(H,21,25,26). The van der Waals surface area contributed by atoms with Crippen molar-refractivity contribution in [2.45, 2.75) is 11.3 Å². The smallest absolute Gasteiger partial charge is 0.338 e. The molecule has 1 aromatic heterocycles. The molecule has 2 amide bonds. The maximum absolute atomic E-state index is 12.0. The van der Waals surface area contributed by atoms with E-state index in [1.165, 1.54) is 34.9 Å². The molecule has 0 saturated carbocycles. The van der Waals surface area contributed by atoms with E-state index in [-0.39, 0.29) is 12.0 Å². The second-order valence-electron chi connectivity index (χ2n) is 5.76. The van der Waals surface area contributed by atoms with Crippen molar-refractivity contribution in [3.05, 3.63) is 66.5 Å². The lowest BCUT2D eigenvalue weighted by Gasteiger charge is -2.06. The third kappa shape index (κ3) is 6.25. The van der Waals surface area contributed by atoms with Crippen LogP contribution in [0.1, 0.15) is 16.8 Å². The zero-order chi connectivity index (χ0) is 20.5. The predicted molar refractivity (Wildman–Crippen MR) is 104 cm³/mol. The number of nitrogens with zero attached hydrogens (tertiary/aromatic N) is 4. The Kier molecular flexibility index (Phi) is 7.06. The van der Waals surface area contributed by atoms with Crippen molar-refractivity contribution in [1.29, 1.82) is 0 Å². The van der Waals surface area contributed by atoms with Crippen molar-refractivity contribution in [3.8, 4) is 5.69 Å². The minimum atomic E-state index is -0.671. The fraction of sp³-hybridized carbons (Fsp3) is 0.158. The Morgan fingerprint density at radius 2 is 1.76 bits per heavy atom. The summed E-state index contributed by atoms with van der Waals surface area (Å²) in [4.78, 5) is 36.7. The summed E-state index contributed by atoms with van der Waals surface area (Å²) < 4.78 is 6.37. The lowest BCUT2D eigenvalue weighted by molar-refractivity contribution is -0.132. The molecule has 0 unspecified atom stereocenters. The van der Waals surface area contributed by atoms with Gasteiger partial charge < -0.3 is 4.74 Å². The van der Waals surface area contributed by atoms with Gasteiger partial charge in [0, 0.05) is 17.1 Å². The zero-order valence-electron chi connectivity index (χ0n) is 15.2. The van der Waals surface area contributed by atoms with Crippen LogP contribution >= 0.6 is 11.8 Å². The van der Waals surface area contributed by atoms with E-state index in [9.17, 15) is 14.4 Å². The van der Waals surface area contributed by atoms with Gasteiger partial charge in [-0.1, -0.05) is 18.2 Å². The van der Waals surface area contributed by atoms with Crippen LogP contribution in [0.2, 0.25) is 0 Å². The summed E-state index contributed by atoms with van der Waals surface area (Å²) >= 11 is 1.52. The number of imide groups is 1. The largest absolute Gasteiger partial charge is 0.452 e. The van der Waals surface area contributed by atoms with Crippen molar-refractivity contribution in [3.63, 3.8) is 0 Å². The van der Waals surface area contributed by atoms with Crippen LogP contribution in [-0.4, -0.2) is 50.4 Å². The quantitative estimate of drug-likeness (QED) is 0.439. The van der Waals surface area contributed by atoms with E-state index >= 15 is 0 Å². The average molecular weight is 411 g/mol. The molecule has 3 rings (SSSR count). The van der Waals surface area contributed by atoms with E-state index in [1.807, 2.05) is 30.3 Å². The van der Waals surface area contributed by atoms with Crippen molar-refractivity contribution < 1.29 is 19.1 Å². The Morgan fingerprint density at radius 3 is 2.45 bits per heavy atom. The third-order valence-corrected chi connectivity index (χ3v) is 4.68. The number of esters is 1. The van der Waals surface area contributed by atoms with E-state index in [2.05, 4.69) is 20.8 Å². The predicted octanol–water partition coefficient (Wildman–Crippen LogP) is 1.64. The summed E-state index contributed by atoms with van der Waals surface area (Å²) in [7, 11) is 0. The Morgan fingerprint density at radius 1 is 1.00 bits per heavy atom. The summed E-state index contributed by atoms with van der Waals surface area (Å²) in [5.41, 5.74) is 0.934. The average Bonchev–Trinajstić information content (AvgIpc) is 3.28. The molecule has 148 valence electrons. The Balaban J connectivity index is 1.38. The number of tetrazole rings is 1. The third-order valence-electron chi connectivity index (χ3n) is 3.67. The lowest BCUT2D eigenvalue weighted by Crippen LogP contribution is -2.34. The molecule has 0 fully saturated rings. The second kappa shape index (κ2) is 10.1. The number of carbonyl (C=O) groups excluding carboxylic acids is 3. The van der Waals surface area contributed by atoms with E-state index < -0.39 is 24.4 Å². The monoisotopic (exact) mass is 411 g/mol. The number of nitrogens with one attached hydrogen (secondary N) is 1. The highest BCUT2D eigenvalue weighted by molar-refractivity contribution is 7.99. The second-order valence-corrected chi connectivity index (χ2v) is 6.93. The van der Waals surface area contributed by atoms with Gasteiger partial charge in [-0.3, -0.25) is 14.9 Å². The van der Waals surface area contributed by atoms with Crippen LogP contribution in [0.4, 0.5) is 0 Å². The van der Waals surface area contributed by atoms with Gasteiger partial charge in [0.05, 0.1) is 11.3 Å². The minimum Gasteiger partial charge on any atom is -0.452 e. The SMILES string of the molecule is O=C(CCSc1ccccc1)NC(=O)COC(=O)c1ccc(-n2cnnn2)cc1. The first kappa shape index (κ1) is 20.2.